The van der Waals surface area contributed by atoms with Gasteiger partial charge in [0.2, 0.25) is 0 Å². The van der Waals surface area contributed by atoms with Crippen molar-refractivity contribution in [2.75, 3.05) is 23.1 Å². The van der Waals surface area contributed by atoms with Gasteiger partial charge in [-0.1, -0.05) is 11.2 Å². The van der Waals surface area contributed by atoms with E-state index in [2.05, 4.69) is 21.1 Å². The maximum atomic E-state index is 11.9. The number of urea groups is 1. The number of hydrogen-bond donors (Lipinski definition) is 3. The summed E-state index contributed by atoms with van der Waals surface area (Å²) < 4.78 is 9.80. The molecule has 1 atom stereocenters. The van der Waals surface area contributed by atoms with E-state index in [1.807, 2.05) is 0 Å². The average molecular weight is 318 g/mol. The fourth-order valence-corrected chi connectivity index (χ4v) is 1.73. The van der Waals surface area contributed by atoms with E-state index in [-0.39, 0.29) is 5.91 Å². The summed E-state index contributed by atoms with van der Waals surface area (Å²) in [5.41, 5.74) is 1.07. The number of rotatable bonds is 5. The van der Waals surface area contributed by atoms with Crippen LogP contribution in [0.3, 0.4) is 0 Å². The van der Waals surface area contributed by atoms with Crippen LogP contribution in [0.15, 0.2) is 34.9 Å². The van der Waals surface area contributed by atoms with E-state index in [1.165, 1.54) is 7.11 Å². The molecule has 0 bridgehead atoms. The number of hydrogen-bond acceptors (Lipinski definition) is 5. The number of benzene rings is 1. The number of nitrogens with one attached hydrogen (secondary N) is 3. The summed E-state index contributed by atoms with van der Waals surface area (Å²) in [5.74, 6) is 0.642. The van der Waals surface area contributed by atoms with E-state index in [0.717, 1.165) is 0 Å². The lowest BCUT2D eigenvalue weighted by Crippen LogP contribution is -2.26. The lowest BCUT2D eigenvalue weighted by molar-refractivity contribution is -0.124. The van der Waals surface area contributed by atoms with Crippen molar-refractivity contribution in [2.45, 2.75) is 20.0 Å². The Hall–Kier alpha value is -2.87. The van der Waals surface area contributed by atoms with E-state index in [0.29, 0.717) is 23.0 Å². The van der Waals surface area contributed by atoms with Gasteiger partial charge < -0.3 is 19.9 Å². The molecule has 0 saturated carbocycles. The van der Waals surface area contributed by atoms with Gasteiger partial charge in [0, 0.05) is 24.6 Å². The van der Waals surface area contributed by atoms with Crippen LogP contribution in [0.1, 0.15) is 12.7 Å². The normalized spacial score (nSPS) is 11.6. The summed E-state index contributed by atoms with van der Waals surface area (Å²) in [6, 6.07) is 7.89. The van der Waals surface area contributed by atoms with Crippen LogP contribution in [0.25, 0.3) is 0 Å². The fraction of sp³-hybridized carbons (Fsp3) is 0.267. The standard InChI is InChI=1S/C15H18N4O4/c1-9-7-13(19-23-9)18-15(21)17-12-6-4-5-11(8-12)16-14(20)10(2)22-3/h4-8,10H,1-3H3,(H,16,20)(H2,17,18,19,21)/t10-/m0/s1. The number of aryl methyl sites for hydroxylation is 1. The first-order valence-electron chi connectivity index (χ1n) is 6.93. The summed E-state index contributed by atoms with van der Waals surface area (Å²) in [4.78, 5) is 23.6. The average Bonchev–Trinajstić information content (AvgIpc) is 2.91. The van der Waals surface area contributed by atoms with Crippen LogP contribution in [-0.2, 0) is 9.53 Å². The second-order valence-electron chi connectivity index (χ2n) is 4.85. The molecule has 23 heavy (non-hydrogen) atoms. The van der Waals surface area contributed by atoms with Crippen LogP contribution >= 0.6 is 0 Å². The van der Waals surface area contributed by atoms with Crippen LogP contribution in [0.2, 0.25) is 0 Å². The van der Waals surface area contributed by atoms with Crippen molar-refractivity contribution < 1.29 is 18.8 Å². The van der Waals surface area contributed by atoms with Gasteiger partial charge in [0.25, 0.3) is 5.91 Å². The van der Waals surface area contributed by atoms with Gasteiger partial charge in [-0.15, -0.1) is 0 Å². The minimum Gasteiger partial charge on any atom is -0.372 e. The lowest BCUT2D eigenvalue weighted by Gasteiger charge is -2.11. The summed E-state index contributed by atoms with van der Waals surface area (Å²) in [7, 11) is 1.46. The molecule has 8 nitrogen and oxygen atoms in total. The summed E-state index contributed by atoms with van der Waals surface area (Å²) in [5, 5.41) is 11.5. The highest BCUT2D eigenvalue weighted by atomic mass is 16.5. The maximum absolute atomic E-state index is 11.9. The van der Waals surface area contributed by atoms with Crippen LogP contribution in [0, 0.1) is 6.92 Å². The number of aromatic nitrogens is 1. The molecule has 0 spiro atoms. The molecule has 0 unspecified atom stereocenters. The second kappa shape index (κ2) is 7.41. The van der Waals surface area contributed by atoms with Gasteiger partial charge in [-0.3, -0.25) is 10.1 Å². The van der Waals surface area contributed by atoms with Gasteiger partial charge in [0.15, 0.2) is 5.82 Å². The number of carbonyl (C=O) groups excluding carboxylic acids is 2. The minimum absolute atomic E-state index is 0.271. The zero-order valence-corrected chi connectivity index (χ0v) is 13.0. The van der Waals surface area contributed by atoms with Crippen molar-refractivity contribution in [3.8, 4) is 0 Å². The van der Waals surface area contributed by atoms with Gasteiger partial charge in [0.05, 0.1) is 0 Å². The minimum atomic E-state index is -0.565. The van der Waals surface area contributed by atoms with E-state index < -0.39 is 12.1 Å². The third-order valence-corrected chi connectivity index (χ3v) is 2.98. The molecule has 1 aromatic carbocycles. The number of methoxy groups -OCH3 is 1. The van der Waals surface area contributed by atoms with Crippen LogP contribution in [-0.4, -0.2) is 30.3 Å². The Kier molecular flexibility index (Phi) is 5.32. The Balaban J connectivity index is 1.96. The molecule has 3 N–H and O–H groups in total. The molecule has 3 amide bonds. The molecule has 0 fully saturated rings. The smallest absolute Gasteiger partial charge is 0.324 e. The molecule has 0 aliphatic heterocycles. The Morgan fingerprint density at radius 3 is 2.48 bits per heavy atom. The zero-order valence-electron chi connectivity index (χ0n) is 13.0. The van der Waals surface area contributed by atoms with E-state index in [9.17, 15) is 9.59 Å². The molecule has 122 valence electrons. The van der Waals surface area contributed by atoms with Crippen molar-refractivity contribution in [3.63, 3.8) is 0 Å². The Bertz CT molecular complexity index is 698. The first-order valence-corrected chi connectivity index (χ1v) is 6.93. The van der Waals surface area contributed by atoms with Crippen molar-refractivity contribution in [2.24, 2.45) is 0 Å². The molecular weight excluding hydrogens is 300 g/mol. The topological polar surface area (TPSA) is 105 Å². The van der Waals surface area contributed by atoms with E-state index >= 15 is 0 Å². The molecule has 0 aliphatic carbocycles. The predicted molar refractivity (Wildman–Crippen MR) is 85.4 cm³/mol. The third kappa shape index (κ3) is 4.82. The summed E-state index contributed by atoms with van der Waals surface area (Å²) in [6.45, 7) is 3.37. The number of amides is 3. The summed E-state index contributed by atoms with van der Waals surface area (Å²) >= 11 is 0. The number of anilines is 3. The largest absolute Gasteiger partial charge is 0.372 e. The molecule has 2 rings (SSSR count). The van der Waals surface area contributed by atoms with Crippen molar-refractivity contribution in [3.05, 3.63) is 36.1 Å². The number of ether oxygens (including phenoxy) is 1. The molecule has 0 saturated heterocycles. The highest BCUT2D eigenvalue weighted by Gasteiger charge is 2.12. The third-order valence-electron chi connectivity index (χ3n) is 2.98. The fourth-order valence-electron chi connectivity index (χ4n) is 1.73. The predicted octanol–water partition coefficient (Wildman–Crippen LogP) is 2.60. The molecule has 2 aromatic rings. The van der Waals surface area contributed by atoms with Crippen LogP contribution < -0.4 is 16.0 Å². The van der Waals surface area contributed by atoms with Gasteiger partial charge in [-0.05, 0) is 32.0 Å². The lowest BCUT2D eigenvalue weighted by atomic mass is 10.2. The van der Waals surface area contributed by atoms with Crippen molar-refractivity contribution >= 4 is 29.1 Å². The molecule has 0 aliphatic rings. The van der Waals surface area contributed by atoms with Crippen molar-refractivity contribution in [1.29, 1.82) is 0 Å². The van der Waals surface area contributed by atoms with E-state index in [1.54, 1.807) is 44.2 Å². The molecular formula is C15H18N4O4. The van der Waals surface area contributed by atoms with Gasteiger partial charge >= 0.3 is 6.03 Å². The van der Waals surface area contributed by atoms with Crippen LogP contribution in [0.4, 0.5) is 22.0 Å². The van der Waals surface area contributed by atoms with Gasteiger partial charge in [0.1, 0.15) is 11.9 Å². The molecule has 0 radical (unpaired) electrons. The first-order chi connectivity index (χ1) is 11.0. The van der Waals surface area contributed by atoms with Gasteiger partial charge in [-0.25, -0.2) is 4.79 Å². The zero-order chi connectivity index (χ0) is 16.8. The molecule has 1 aromatic heterocycles. The monoisotopic (exact) mass is 318 g/mol. The maximum Gasteiger partial charge on any atom is 0.324 e. The quantitative estimate of drug-likeness (QED) is 0.786. The summed E-state index contributed by atoms with van der Waals surface area (Å²) in [6.07, 6.45) is -0.565. The highest BCUT2D eigenvalue weighted by molar-refractivity contribution is 6.00. The Morgan fingerprint density at radius 1 is 1.17 bits per heavy atom. The van der Waals surface area contributed by atoms with E-state index in [4.69, 9.17) is 9.26 Å². The van der Waals surface area contributed by atoms with Crippen molar-refractivity contribution in [1.82, 2.24) is 5.16 Å². The van der Waals surface area contributed by atoms with Gasteiger partial charge in [-0.2, -0.15) is 0 Å². The number of nitrogens with zero attached hydrogens (tertiary/aromatic N) is 1. The van der Waals surface area contributed by atoms with Crippen LogP contribution in [0.5, 0.6) is 0 Å². The molecule has 8 heteroatoms. The number of carbonyl (C=O) groups is 2. The Morgan fingerprint density at radius 2 is 1.87 bits per heavy atom. The second-order valence-corrected chi connectivity index (χ2v) is 4.85. The SMILES string of the molecule is CO[C@@H](C)C(=O)Nc1cccc(NC(=O)Nc2cc(C)on2)c1. The first kappa shape index (κ1) is 16.5. The highest BCUT2D eigenvalue weighted by Crippen LogP contribution is 2.16. The molecule has 1 heterocycles. The Labute approximate surface area is 133 Å².